The van der Waals surface area contributed by atoms with Gasteiger partial charge in [-0.05, 0) is 18.6 Å². The first-order chi connectivity index (χ1) is 8.61. The van der Waals surface area contributed by atoms with Gasteiger partial charge in [0, 0.05) is 26.0 Å². The van der Waals surface area contributed by atoms with Gasteiger partial charge in [0.05, 0.1) is 18.1 Å². The van der Waals surface area contributed by atoms with Crippen LogP contribution in [0.4, 0.5) is 0 Å². The Labute approximate surface area is 105 Å². The summed E-state index contributed by atoms with van der Waals surface area (Å²) >= 11 is 0. The van der Waals surface area contributed by atoms with Gasteiger partial charge in [0.25, 0.3) is 0 Å². The lowest BCUT2D eigenvalue weighted by Gasteiger charge is -2.01. The maximum absolute atomic E-state index is 10.5. The number of benzene rings is 1. The predicted molar refractivity (Wildman–Crippen MR) is 67.8 cm³/mol. The Morgan fingerprint density at radius 3 is 2.94 bits per heavy atom. The van der Waals surface area contributed by atoms with Gasteiger partial charge in [0.2, 0.25) is 0 Å². The van der Waals surface area contributed by atoms with Crippen LogP contribution < -0.4 is 4.74 Å². The molecular weight excluding hydrogens is 232 g/mol. The number of aliphatic carboxylic acids is 1. The minimum Gasteiger partial charge on any atom is -0.497 e. The molecule has 2 aromatic rings. The monoisotopic (exact) mass is 248 g/mol. The summed E-state index contributed by atoms with van der Waals surface area (Å²) in [6.07, 6.45) is 1.44. The van der Waals surface area contributed by atoms with Gasteiger partial charge < -0.3 is 14.4 Å². The Kier molecular flexibility index (Phi) is 3.50. The van der Waals surface area contributed by atoms with Crippen molar-refractivity contribution in [2.75, 3.05) is 7.11 Å². The second kappa shape index (κ2) is 5.08. The maximum Gasteiger partial charge on any atom is 0.303 e. The molecule has 0 atom stereocenters. The van der Waals surface area contributed by atoms with Crippen LogP contribution >= 0.6 is 0 Å². The topological polar surface area (TPSA) is 64.3 Å². The Balaban J connectivity index is 2.23. The van der Waals surface area contributed by atoms with Crippen LogP contribution in [0.15, 0.2) is 18.2 Å². The van der Waals surface area contributed by atoms with Gasteiger partial charge in [-0.1, -0.05) is 0 Å². The molecule has 1 N–H and O–H groups in total. The molecule has 0 fully saturated rings. The van der Waals surface area contributed by atoms with Crippen LogP contribution in [-0.2, 0) is 18.3 Å². The molecule has 1 heterocycles. The molecule has 0 aliphatic carbocycles. The molecule has 0 bridgehead atoms. The molecule has 18 heavy (non-hydrogen) atoms. The van der Waals surface area contributed by atoms with E-state index >= 15 is 0 Å². The molecule has 0 saturated carbocycles. The summed E-state index contributed by atoms with van der Waals surface area (Å²) in [5.41, 5.74) is 1.91. The number of hydrogen-bond acceptors (Lipinski definition) is 3. The number of carbonyl (C=O) groups is 1. The molecule has 5 nitrogen and oxygen atoms in total. The number of ether oxygens (including phenoxy) is 1. The van der Waals surface area contributed by atoms with Crippen molar-refractivity contribution >= 4 is 17.0 Å². The molecule has 0 unspecified atom stereocenters. The van der Waals surface area contributed by atoms with Gasteiger partial charge in [-0.2, -0.15) is 0 Å². The number of aryl methyl sites for hydroxylation is 2. The van der Waals surface area contributed by atoms with Crippen LogP contribution in [0.25, 0.3) is 11.0 Å². The van der Waals surface area contributed by atoms with Gasteiger partial charge in [0.1, 0.15) is 11.6 Å². The molecule has 96 valence electrons. The van der Waals surface area contributed by atoms with E-state index in [-0.39, 0.29) is 6.42 Å². The van der Waals surface area contributed by atoms with E-state index in [0.29, 0.717) is 12.8 Å². The molecule has 0 amide bonds. The van der Waals surface area contributed by atoms with E-state index in [1.54, 1.807) is 7.11 Å². The molecule has 5 heteroatoms. The van der Waals surface area contributed by atoms with E-state index in [0.717, 1.165) is 22.6 Å². The standard InChI is InChI=1S/C13H16N2O3/c1-15-11-7-6-9(18-2)8-10(11)14-12(15)4-3-5-13(16)17/h6-8H,3-5H2,1-2H3,(H,16,17). The third-order valence-electron chi connectivity index (χ3n) is 2.97. The fraction of sp³-hybridized carbons (Fsp3) is 0.385. The molecule has 0 saturated heterocycles. The second-order valence-corrected chi connectivity index (χ2v) is 4.19. The van der Waals surface area contributed by atoms with Crippen molar-refractivity contribution in [3.63, 3.8) is 0 Å². The molecule has 1 aromatic carbocycles. The highest BCUT2D eigenvalue weighted by Gasteiger charge is 2.09. The van der Waals surface area contributed by atoms with Crippen LogP contribution in [0.1, 0.15) is 18.7 Å². The summed E-state index contributed by atoms with van der Waals surface area (Å²) in [5, 5.41) is 8.63. The molecule has 0 aliphatic heterocycles. The number of imidazole rings is 1. The molecule has 0 radical (unpaired) electrons. The number of carboxylic acids is 1. The first kappa shape index (κ1) is 12.4. The van der Waals surface area contributed by atoms with Gasteiger partial charge in [-0.25, -0.2) is 4.98 Å². The highest BCUT2D eigenvalue weighted by atomic mass is 16.5. The summed E-state index contributed by atoms with van der Waals surface area (Å²) in [4.78, 5) is 15.0. The third-order valence-corrected chi connectivity index (χ3v) is 2.97. The quantitative estimate of drug-likeness (QED) is 0.878. The van der Waals surface area contributed by atoms with Crippen LogP contribution in [0.3, 0.4) is 0 Å². The lowest BCUT2D eigenvalue weighted by molar-refractivity contribution is -0.137. The number of rotatable bonds is 5. The third kappa shape index (κ3) is 2.45. The molecule has 0 spiro atoms. The zero-order valence-electron chi connectivity index (χ0n) is 10.5. The van der Waals surface area contributed by atoms with Gasteiger partial charge in [-0.3, -0.25) is 4.79 Å². The number of carboxylic acid groups (broad SMARTS) is 1. The van der Waals surface area contributed by atoms with Crippen LogP contribution in [0.5, 0.6) is 5.75 Å². The Hall–Kier alpha value is -2.04. The lowest BCUT2D eigenvalue weighted by Crippen LogP contribution is -2.01. The van der Waals surface area contributed by atoms with Crippen molar-refractivity contribution in [2.45, 2.75) is 19.3 Å². The van der Waals surface area contributed by atoms with E-state index < -0.39 is 5.97 Å². The minimum absolute atomic E-state index is 0.173. The Morgan fingerprint density at radius 1 is 1.50 bits per heavy atom. The van der Waals surface area contributed by atoms with Crippen molar-refractivity contribution in [1.29, 1.82) is 0 Å². The van der Waals surface area contributed by atoms with Crippen LogP contribution in [0.2, 0.25) is 0 Å². The zero-order chi connectivity index (χ0) is 13.1. The van der Waals surface area contributed by atoms with E-state index in [9.17, 15) is 4.79 Å². The van der Waals surface area contributed by atoms with E-state index in [4.69, 9.17) is 9.84 Å². The largest absolute Gasteiger partial charge is 0.497 e. The molecule has 0 aliphatic rings. The van der Waals surface area contributed by atoms with Gasteiger partial charge >= 0.3 is 5.97 Å². The average molecular weight is 248 g/mol. The normalized spacial score (nSPS) is 10.8. The minimum atomic E-state index is -0.768. The van der Waals surface area contributed by atoms with E-state index in [1.165, 1.54) is 0 Å². The maximum atomic E-state index is 10.5. The average Bonchev–Trinajstić information content (AvgIpc) is 2.65. The van der Waals surface area contributed by atoms with Crippen molar-refractivity contribution in [3.05, 3.63) is 24.0 Å². The van der Waals surface area contributed by atoms with Crippen molar-refractivity contribution in [2.24, 2.45) is 7.05 Å². The highest BCUT2D eigenvalue weighted by molar-refractivity contribution is 5.77. The summed E-state index contributed by atoms with van der Waals surface area (Å²) in [7, 11) is 3.57. The molecule has 2 rings (SSSR count). The number of hydrogen-bond donors (Lipinski definition) is 1. The van der Waals surface area contributed by atoms with Crippen molar-refractivity contribution in [3.8, 4) is 5.75 Å². The van der Waals surface area contributed by atoms with Crippen molar-refractivity contribution < 1.29 is 14.6 Å². The second-order valence-electron chi connectivity index (χ2n) is 4.19. The number of fused-ring (bicyclic) bond motifs is 1. The number of aromatic nitrogens is 2. The van der Waals surface area contributed by atoms with Crippen LogP contribution in [-0.4, -0.2) is 27.7 Å². The van der Waals surface area contributed by atoms with Crippen molar-refractivity contribution in [1.82, 2.24) is 9.55 Å². The van der Waals surface area contributed by atoms with Crippen LogP contribution in [0, 0.1) is 0 Å². The Bertz CT molecular complexity index is 575. The zero-order valence-corrected chi connectivity index (χ0v) is 10.5. The smallest absolute Gasteiger partial charge is 0.303 e. The SMILES string of the molecule is COc1ccc2c(c1)nc(CCCC(=O)O)n2C. The lowest BCUT2D eigenvalue weighted by atomic mass is 10.2. The molecular formula is C13H16N2O3. The summed E-state index contributed by atoms with van der Waals surface area (Å²) < 4.78 is 7.15. The summed E-state index contributed by atoms with van der Waals surface area (Å²) in [6, 6.07) is 5.74. The predicted octanol–water partition coefficient (Wildman–Crippen LogP) is 1.99. The highest BCUT2D eigenvalue weighted by Crippen LogP contribution is 2.21. The fourth-order valence-electron chi connectivity index (χ4n) is 1.98. The fourth-order valence-corrected chi connectivity index (χ4v) is 1.98. The first-order valence-electron chi connectivity index (χ1n) is 5.83. The van der Waals surface area contributed by atoms with Gasteiger partial charge in [0.15, 0.2) is 0 Å². The number of nitrogens with zero attached hydrogens (tertiary/aromatic N) is 2. The van der Waals surface area contributed by atoms with E-state index in [1.807, 2.05) is 29.8 Å². The first-order valence-corrected chi connectivity index (χ1v) is 5.83. The summed E-state index contributed by atoms with van der Waals surface area (Å²) in [6.45, 7) is 0. The van der Waals surface area contributed by atoms with E-state index in [2.05, 4.69) is 4.98 Å². The number of methoxy groups -OCH3 is 1. The molecule has 1 aromatic heterocycles. The van der Waals surface area contributed by atoms with Gasteiger partial charge in [-0.15, -0.1) is 0 Å². The summed E-state index contributed by atoms with van der Waals surface area (Å²) in [5.74, 6) is 0.910. The Morgan fingerprint density at radius 2 is 2.28 bits per heavy atom.